The minimum absolute atomic E-state index is 0.0157. The number of hydrogen-bond donors (Lipinski definition) is 1. The van der Waals surface area contributed by atoms with Gasteiger partial charge in [0.2, 0.25) is 0 Å². The molecule has 38 heavy (non-hydrogen) atoms. The minimum Gasteiger partial charge on any atom is -0.463 e. The second kappa shape index (κ2) is 10.2. The predicted octanol–water partition coefficient (Wildman–Crippen LogP) is 5.65. The smallest absolute Gasteiger partial charge is 0.310 e. The zero-order valence-electron chi connectivity index (χ0n) is 23.0. The van der Waals surface area contributed by atoms with Crippen molar-refractivity contribution in [2.24, 2.45) is 34.5 Å². The lowest BCUT2D eigenvalue weighted by Gasteiger charge is -2.61. The molecule has 9 atom stereocenters. The SMILES string of the molecule is CC(=O)O[C@H]1CC[C@@]2(C)[C@@H](CC[C@H]3[C@H]2CC[C@@]2(C)[C@@H]3C[C@H](OC(=O)Cc3cccc(I)c3)[C@@]2(O)C(C)=O)C1. The predicted molar refractivity (Wildman–Crippen MR) is 151 cm³/mol. The first kappa shape index (κ1) is 28.1. The number of rotatable bonds is 5. The highest BCUT2D eigenvalue weighted by Crippen LogP contribution is 2.68. The van der Waals surface area contributed by atoms with E-state index in [1.807, 2.05) is 24.3 Å². The van der Waals surface area contributed by atoms with Crippen LogP contribution in [0.4, 0.5) is 0 Å². The Labute approximate surface area is 239 Å². The van der Waals surface area contributed by atoms with Gasteiger partial charge in [-0.05, 0) is 128 Å². The summed E-state index contributed by atoms with van der Waals surface area (Å²) in [6, 6.07) is 7.74. The first-order valence-corrected chi connectivity index (χ1v) is 15.3. The van der Waals surface area contributed by atoms with E-state index in [0.717, 1.165) is 54.1 Å². The maximum absolute atomic E-state index is 13.1. The molecule has 4 fully saturated rings. The van der Waals surface area contributed by atoms with Gasteiger partial charge in [0.15, 0.2) is 11.4 Å². The molecule has 0 amide bonds. The molecule has 4 aliphatic rings. The van der Waals surface area contributed by atoms with Gasteiger partial charge in [-0.25, -0.2) is 0 Å². The molecule has 1 N–H and O–H groups in total. The molecule has 208 valence electrons. The number of aliphatic hydroxyl groups is 1. The highest BCUT2D eigenvalue weighted by atomic mass is 127. The van der Waals surface area contributed by atoms with Crippen LogP contribution in [0.5, 0.6) is 0 Å². The third kappa shape index (κ3) is 4.53. The van der Waals surface area contributed by atoms with Crippen molar-refractivity contribution in [3.63, 3.8) is 0 Å². The van der Waals surface area contributed by atoms with Gasteiger partial charge in [0, 0.05) is 15.9 Å². The number of fused-ring (bicyclic) bond motifs is 5. The van der Waals surface area contributed by atoms with Gasteiger partial charge in [0.05, 0.1) is 6.42 Å². The fourth-order valence-electron chi connectivity index (χ4n) is 9.33. The molecule has 0 unspecified atom stereocenters. The van der Waals surface area contributed by atoms with Crippen molar-refractivity contribution < 1.29 is 29.0 Å². The van der Waals surface area contributed by atoms with Crippen molar-refractivity contribution in [1.82, 2.24) is 0 Å². The van der Waals surface area contributed by atoms with E-state index in [0.29, 0.717) is 24.2 Å². The molecule has 6 nitrogen and oxygen atoms in total. The van der Waals surface area contributed by atoms with Crippen LogP contribution in [-0.4, -0.2) is 40.6 Å². The number of carbonyl (C=O) groups excluding carboxylic acids is 3. The second-order valence-corrected chi connectivity index (χ2v) is 14.2. The summed E-state index contributed by atoms with van der Waals surface area (Å²) in [6.07, 6.45) is 6.51. The summed E-state index contributed by atoms with van der Waals surface area (Å²) in [4.78, 5) is 37.7. The van der Waals surface area contributed by atoms with E-state index in [1.54, 1.807) is 0 Å². The van der Waals surface area contributed by atoms with Crippen LogP contribution >= 0.6 is 22.6 Å². The Balaban J connectivity index is 1.37. The molecule has 0 heterocycles. The van der Waals surface area contributed by atoms with E-state index in [9.17, 15) is 19.5 Å². The number of ether oxygens (including phenoxy) is 2. The topological polar surface area (TPSA) is 89.9 Å². The Kier molecular flexibility index (Phi) is 7.51. The fourth-order valence-corrected chi connectivity index (χ4v) is 9.94. The first-order chi connectivity index (χ1) is 17.9. The highest BCUT2D eigenvalue weighted by Gasteiger charge is 2.70. The number of benzene rings is 1. The monoisotopic (exact) mass is 636 g/mol. The van der Waals surface area contributed by atoms with Crippen molar-refractivity contribution in [3.8, 4) is 0 Å². The Morgan fingerprint density at radius 1 is 1.00 bits per heavy atom. The number of carbonyl (C=O) groups is 3. The van der Waals surface area contributed by atoms with Crippen LogP contribution in [0.25, 0.3) is 0 Å². The Hall–Kier alpha value is -1.48. The van der Waals surface area contributed by atoms with E-state index < -0.39 is 23.1 Å². The van der Waals surface area contributed by atoms with Gasteiger partial charge in [-0.2, -0.15) is 0 Å². The quantitative estimate of drug-likeness (QED) is 0.332. The van der Waals surface area contributed by atoms with Gasteiger partial charge in [0.25, 0.3) is 0 Å². The molecule has 4 aliphatic carbocycles. The third-order valence-electron chi connectivity index (χ3n) is 11.2. The molecule has 0 aromatic heterocycles. The highest BCUT2D eigenvalue weighted by molar-refractivity contribution is 14.1. The van der Waals surface area contributed by atoms with Crippen LogP contribution in [0.15, 0.2) is 24.3 Å². The zero-order chi connectivity index (χ0) is 27.5. The molecular formula is C31H41IO6. The molecule has 1 aromatic rings. The van der Waals surface area contributed by atoms with E-state index in [2.05, 4.69) is 36.4 Å². The van der Waals surface area contributed by atoms with E-state index in [4.69, 9.17) is 9.47 Å². The van der Waals surface area contributed by atoms with Crippen molar-refractivity contribution in [2.45, 2.75) is 103 Å². The van der Waals surface area contributed by atoms with E-state index >= 15 is 0 Å². The Bertz CT molecular complexity index is 1120. The summed E-state index contributed by atoms with van der Waals surface area (Å²) in [5, 5.41) is 12.1. The Morgan fingerprint density at radius 2 is 1.76 bits per heavy atom. The summed E-state index contributed by atoms with van der Waals surface area (Å²) < 4.78 is 12.6. The Morgan fingerprint density at radius 3 is 2.45 bits per heavy atom. The molecule has 1 aromatic carbocycles. The van der Waals surface area contributed by atoms with Crippen LogP contribution in [0.3, 0.4) is 0 Å². The van der Waals surface area contributed by atoms with Gasteiger partial charge in [0.1, 0.15) is 12.2 Å². The fraction of sp³-hybridized carbons (Fsp3) is 0.710. The van der Waals surface area contributed by atoms with Crippen molar-refractivity contribution >= 4 is 40.3 Å². The summed E-state index contributed by atoms with van der Waals surface area (Å²) >= 11 is 2.22. The zero-order valence-corrected chi connectivity index (χ0v) is 25.2. The number of halogens is 1. The van der Waals surface area contributed by atoms with Gasteiger partial charge in [-0.1, -0.05) is 26.0 Å². The molecule has 0 spiro atoms. The van der Waals surface area contributed by atoms with Crippen LogP contribution in [-0.2, 0) is 30.3 Å². The molecule has 0 radical (unpaired) electrons. The van der Waals surface area contributed by atoms with Crippen LogP contribution in [0, 0.1) is 38.1 Å². The lowest BCUT2D eigenvalue weighted by atomic mass is 9.44. The van der Waals surface area contributed by atoms with Crippen molar-refractivity contribution in [2.75, 3.05) is 0 Å². The molecule has 0 aliphatic heterocycles. The summed E-state index contributed by atoms with van der Waals surface area (Å²) in [5.74, 6) is 0.624. The average Bonchev–Trinajstić information content (AvgIpc) is 3.06. The second-order valence-electron chi connectivity index (χ2n) is 13.0. The number of hydrogen-bond acceptors (Lipinski definition) is 6. The molecule has 0 saturated heterocycles. The normalized spacial score (nSPS) is 41.8. The number of ketones is 1. The van der Waals surface area contributed by atoms with E-state index in [1.165, 1.54) is 13.8 Å². The van der Waals surface area contributed by atoms with Crippen LogP contribution < -0.4 is 0 Å². The maximum Gasteiger partial charge on any atom is 0.310 e. The van der Waals surface area contributed by atoms with Crippen molar-refractivity contribution in [3.05, 3.63) is 33.4 Å². The standard InChI is InChI=1S/C31H41IO6/c1-18(33)31(36)27(38-28(35)15-20-6-5-7-22(32)14-20)17-26-24-9-8-21-16-23(37-19(2)34)10-12-29(21,3)25(24)11-13-30(26,31)4/h5-7,14,21,23-27,36H,8-13,15-17H2,1-4H3/t21-,23-,24-,25+,26+,27-,29-,30-,31-/m0/s1. The first-order valence-electron chi connectivity index (χ1n) is 14.2. The maximum atomic E-state index is 13.1. The van der Waals surface area contributed by atoms with Gasteiger partial charge in [-0.15, -0.1) is 0 Å². The summed E-state index contributed by atoms with van der Waals surface area (Å²) in [5.41, 5.74) is -1.26. The lowest BCUT2D eigenvalue weighted by Crippen LogP contribution is -2.61. The molecule has 4 saturated carbocycles. The van der Waals surface area contributed by atoms with Gasteiger partial charge in [-0.3, -0.25) is 14.4 Å². The molecule has 7 heteroatoms. The van der Waals surface area contributed by atoms with Crippen molar-refractivity contribution in [1.29, 1.82) is 0 Å². The number of Topliss-reactive ketones (excluding diaryl/α,β-unsaturated/α-hetero) is 1. The molecule has 0 bridgehead atoms. The average molecular weight is 637 g/mol. The van der Waals surface area contributed by atoms with Gasteiger partial charge >= 0.3 is 11.9 Å². The lowest BCUT2D eigenvalue weighted by molar-refractivity contribution is -0.191. The third-order valence-corrected chi connectivity index (χ3v) is 11.9. The largest absolute Gasteiger partial charge is 0.463 e. The van der Waals surface area contributed by atoms with Crippen LogP contribution in [0.2, 0.25) is 0 Å². The molecule has 5 rings (SSSR count). The summed E-state index contributed by atoms with van der Waals surface area (Å²) in [6.45, 7) is 7.43. The van der Waals surface area contributed by atoms with E-state index in [-0.39, 0.29) is 35.6 Å². The van der Waals surface area contributed by atoms with Gasteiger partial charge < -0.3 is 14.6 Å². The minimum atomic E-state index is -1.67. The molecular weight excluding hydrogens is 595 g/mol. The number of esters is 2. The van der Waals surface area contributed by atoms with Crippen LogP contribution in [0.1, 0.15) is 84.6 Å². The summed E-state index contributed by atoms with van der Waals surface area (Å²) in [7, 11) is 0.